The molecule has 1 aliphatic heterocycles. The number of nitrogens with zero attached hydrogens (tertiary/aromatic N) is 3. The summed E-state index contributed by atoms with van der Waals surface area (Å²) >= 11 is 0. The molecule has 6 heteroatoms. The standard InChI is InChI=1S/C18H32N4O.HI/c1-13(2)9-14-7-8-22(12-14)17(19-6)21-11-16-20-10-15(23-16)18(3,4)5;/h10,13-14H,7-9,11-12H2,1-6H3,(H,19,21);1H. The first-order chi connectivity index (χ1) is 10.8. The highest BCUT2D eigenvalue weighted by molar-refractivity contribution is 14.0. The maximum absolute atomic E-state index is 5.83. The first kappa shape index (κ1) is 21.3. The molecule has 2 heterocycles. The van der Waals surface area contributed by atoms with Crippen LogP contribution in [0.1, 0.15) is 59.1 Å². The molecular weight excluding hydrogens is 415 g/mol. The molecule has 1 saturated heterocycles. The zero-order valence-corrected chi connectivity index (χ0v) is 18.3. The molecule has 1 atom stereocenters. The van der Waals surface area contributed by atoms with E-state index >= 15 is 0 Å². The molecule has 0 radical (unpaired) electrons. The lowest BCUT2D eigenvalue weighted by molar-refractivity contribution is 0.374. The third-order valence-electron chi connectivity index (χ3n) is 4.29. The van der Waals surface area contributed by atoms with Gasteiger partial charge in [-0.05, 0) is 24.7 Å². The van der Waals surface area contributed by atoms with Gasteiger partial charge in [0.25, 0.3) is 0 Å². The highest BCUT2D eigenvalue weighted by Crippen LogP contribution is 2.24. The average Bonchev–Trinajstić information content (AvgIpc) is 3.08. The molecule has 1 N–H and O–H groups in total. The largest absolute Gasteiger partial charge is 0.443 e. The number of halogens is 1. The number of guanidine groups is 1. The van der Waals surface area contributed by atoms with Gasteiger partial charge in [0, 0.05) is 25.6 Å². The second kappa shape index (κ2) is 9.06. The van der Waals surface area contributed by atoms with Crippen molar-refractivity contribution in [2.45, 2.75) is 59.4 Å². The molecule has 0 aliphatic carbocycles. The minimum Gasteiger partial charge on any atom is -0.443 e. The molecule has 1 aliphatic rings. The van der Waals surface area contributed by atoms with Crippen LogP contribution in [0.2, 0.25) is 0 Å². The Bertz CT molecular complexity index is 533. The maximum atomic E-state index is 5.83. The maximum Gasteiger partial charge on any atom is 0.213 e. The van der Waals surface area contributed by atoms with Crippen molar-refractivity contribution >= 4 is 29.9 Å². The fourth-order valence-electron chi connectivity index (χ4n) is 3.11. The minimum absolute atomic E-state index is 0. The molecular formula is C18H33IN4O. The number of nitrogens with one attached hydrogen (secondary N) is 1. The smallest absolute Gasteiger partial charge is 0.213 e. The normalized spacial score (nSPS) is 18.9. The monoisotopic (exact) mass is 448 g/mol. The Hall–Kier alpha value is -0.790. The summed E-state index contributed by atoms with van der Waals surface area (Å²) in [7, 11) is 1.84. The van der Waals surface area contributed by atoms with Crippen molar-refractivity contribution < 1.29 is 4.42 Å². The summed E-state index contributed by atoms with van der Waals surface area (Å²) in [6.07, 6.45) is 4.38. The van der Waals surface area contributed by atoms with E-state index in [1.165, 1.54) is 12.8 Å². The number of hydrogen-bond acceptors (Lipinski definition) is 3. The van der Waals surface area contributed by atoms with E-state index in [9.17, 15) is 0 Å². The van der Waals surface area contributed by atoms with Crippen LogP contribution in [0.4, 0.5) is 0 Å². The van der Waals surface area contributed by atoms with Crippen molar-refractivity contribution in [3.63, 3.8) is 0 Å². The van der Waals surface area contributed by atoms with Gasteiger partial charge in [0.1, 0.15) is 5.76 Å². The van der Waals surface area contributed by atoms with Crippen LogP contribution in [0.5, 0.6) is 0 Å². The fourth-order valence-corrected chi connectivity index (χ4v) is 3.11. The van der Waals surface area contributed by atoms with Gasteiger partial charge in [0.2, 0.25) is 5.89 Å². The summed E-state index contributed by atoms with van der Waals surface area (Å²) in [6.45, 7) is 13.7. The fraction of sp³-hybridized carbons (Fsp3) is 0.778. The van der Waals surface area contributed by atoms with E-state index in [2.05, 4.69) is 54.8 Å². The van der Waals surface area contributed by atoms with Crippen LogP contribution in [0.25, 0.3) is 0 Å². The number of oxazole rings is 1. The highest BCUT2D eigenvalue weighted by atomic mass is 127. The minimum atomic E-state index is -0.00799. The zero-order valence-electron chi connectivity index (χ0n) is 15.9. The molecule has 1 fully saturated rings. The highest BCUT2D eigenvalue weighted by Gasteiger charge is 2.25. The first-order valence-electron chi connectivity index (χ1n) is 8.70. The molecule has 24 heavy (non-hydrogen) atoms. The quantitative estimate of drug-likeness (QED) is 0.429. The number of rotatable bonds is 4. The van der Waals surface area contributed by atoms with Gasteiger partial charge in [0.05, 0.1) is 12.7 Å². The average molecular weight is 448 g/mol. The molecule has 2 rings (SSSR count). The summed E-state index contributed by atoms with van der Waals surface area (Å²) in [4.78, 5) is 11.1. The van der Waals surface area contributed by atoms with Crippen molar-refractivity contribution in [3.8, 4) is 0 Å². The van der Waals surface area contributed by atoms with Crippen molar-refractivity contribution in [3.05, 3.63) is 17.8 Å². The summed E-state index contributed by atoms with van der Waals surface area (Å²) in [6, 6.07) is 0. The van der Waals surface area contributed by atoms with Gasteiger partial charge in [-0.3, -0.25) is 4.99 Å². The molecule has 0 aromatic carbocycles. The molecule has 0 spiro atoms. The van der Waals surface area contributed by atoms with E-state index < -0.39 is 0 Å². The molecule has 0 bridgehead atoms. The van der Waals surface area contributed by atoms with Gasteiger partial charge >= 0.3 is 0 Å². The van der Waals surface area contributed by atoms with Crippen molar-refractivity contribution in [1.82, 2.24) is 15.2 Å². The molecule has 1 aromatic rings. The van der Waals surface area contributed by atoms with Crippen LogP contribution in [-0.4, -0.2) is 36.0 Å². The summed E-state index contributed by atoms with van der Waals surface area (Å²) in [5.41, 5.74) is -0.00799. The van der Waals surface area contributed by atoms with Crippen LogP contribution in [0.15, 0.2) is 15.6 Å². The van der Waals surface area contributed by atoms with E-state index in [1.54, 1.807) is 0 Å². The van der Waals surface area contributed by atoms with Gasteiger partial charge in [0.15, 0.2) is 5.96 Å². The topological polar surface area (TPSA) is 53.7 Å². The second-order valence-electron chi connectivity index (χ2n) is 8.00. The second-order valence-corrected chi connectivity index (χ2v) is 8.00. The van der Waals surface area contributed by atoms with Crippen LogP contribution in [-0.2, 0) is 12.0 Å². The molecule has 0 saturated carbocycles. The van der Waals surface area contributed by atoms with Crippen LogP contribution in [0, 0.1) is 11.8 Å². The van der Waals surface area contributed by atoms with Gasteiger partial charge < -0.3 is 14.6 Å². The van der Waals surface area contributed by atoms with Crippen LogP contribution in [0.3, 0.4) is 0 Å². The first-order valence-corrected chi connectivity index (χ1v) is 8.70. The van der Waals surface area contributed by atoms with Crippen LogP contribution < -0.4 is 5.32 Å². The number of hydrogen-bond donors (Lipinski definition) is 1. The van der Waals surface area contributed by atoms with E-state index in [4.69, 9.17) is 4.42 Å². The molecule has 5 nitrogen and oxygen atoms in total. The lowest BCUT2D eigenvalue weighted by atomic mass is 9.94. The number of aromatic nitrogens is 1. The third kappa shape index (κ3) is 5.93. The van der Waals surface area contributed by atoms with Crippen molar-refractivity contribution in [2.75, 3.05) is 20.1 Å². The van der Waals surface area contributed by atoms with Crippen molar-refractivity contribution in [2.24, 2.45) is 16.8 Å². The Morgan fingerprint density at radius 1 is 1.46 bits per heavy atom. The summed E-state index contributed by atoms with van der Waals surface area (Å²) in [5, 5.41) is 3.39. The Morgan fingerprint density at radius 3 is 2.71 bits per heavy atom. The Balaban J connectivity index is 0.00000288. The Kier molecular flexibility index (Phi) is 8.02. The lowest BCUT2D eigenvalue weighted by Crippen LogP contribution is -2.39. The van der Waals surface area contributed by atoms with Gasteiger partial charge in [-0.2, -0.15) is 0 Å². The summed E-state index contributed by atoms with van der Waals surface area (Å²) in [5.74, 6) is 4.13. The van der Waals surface area contributed by atoms with E-state index in [1.807, 2.05) is 13.2 Å². The third-order valence-corrected chi connectivity index (χ3v) is 4.29. The summed E-state index contributed by atoms with van der Waals surface area (Å²) < 4.78 is 5.83. The Labute approximate surface area is 163 Å². The van der Waals surface area contributed by atoms with Crippen LogP contribution >= 0.6 is 24.0 Å². The van der Waals surface area contributed by atoms with Gasteiger partial charge in [-0.1, -0.05) is 34.6 Å². The predicted octanol–water partition coefficient (Wildman–Crippen LogP) is 4.03. The SMILES string of the molecule is CN=C(NCc1ncc(C(C)(C)C)o1)N1CCC(CC(C)C)C1.I. The zero-order chi connectivity index (χ0) is 17.0. The van der Waals surface area contributed by atoms with Gasteiger partial charge in [-0.15, -0.1) is 24.0 Å². The lowest BCUT2D eigenvalue weighted by Gasteiger charge is -2.21. The predicted molar refractivity (Wildman–Crippen MR) is 110 cm³/mol. The molecule has 138 valence electrons. The van der Waals surface area contributed by atoms with E-state index in [0.717, 1.165) is 36.6 Å². The number of likely N-dealkylation sites (tertiary alicyclic amines) is 1. The van der Waals surface area contributed by atoms with E-state index in [0.29, 0.717) is 12.4 Å². The molecule has 1 aromatic heterocycles. The Morgan fingerprint density at radius 2 is 2.17 bits per heavy atom. The van der Waals surface area contributed by atoms with Gasteiger partial charge in [-0.25, -0.2) is 4.98 Å². The van der Waals surface area contributed by atoms with Crippen molar-refractivity contribution in [1.29, 1.82) is 0 Å². The van der Waals surface area contributed by atoms with E-state index in [-0.39, 0.29) is 29.4 Å². The molecule has 0 amide bonds. The molecule has 1 unspecified atom stereocenters. The number of aliphatic imine (C=N–C) groups is 1.